The van der Waals surface area contributed by atoms with Crippen molar-refractivity contribution in [1.82, 2.24) is 4.57 Å². The molecule has 0 saturated carbocycles. The van der Waals surface area contributed by atoms with Crippen LogP contribution in [0.25, 0.3) is 22.0 Å². The Kier molecular flexibility index (Phi) is 3.81. The highest BCUT2D eigenvalue weighted by Gasteiger charge is 2.34. The van der Waals surface area contributed by atoms with Gasteiger partial charge in [0.1, 0.15) is 5.76 Å². The number of aromatic nitrogens is 1. The summed E-state index contributed by atoms with van der Waals surface area (Å²) in [6.07, 6.45) is 1.56. The summed E-state index contributed by atoms with van der Waals surface area (Å²) in [5.41, 5.74) is 2.15. The van der Waals surface area contributed by atoms with Crippen LogP contribution in [0.2, 0.25) is 0 Å². The number of carbonyl (C=O) groups is 1. The van der Waals surface area contributed by atoms with Crippen LogP contribution in [0, 0.1) is 0 Å². The number of carbonyl (C=O) groups excluding carboxylic acids is 1. The van der Waals surface area contributed by atoms with Crippen molar-refractivity contribution >= 4 is 16.6 Å². The van der Waals surface area contributed by atoms with Crippen molar-refractivity contribution in [2.24, 2.45) is 0 Å². The van der Waals surface area contributed by atoms with Gasteiger partial charge < -0.3 is 13.9 Å². The zero-order chi connectivity index (χ0) is 20.1. The molecule has 0 unspecified atom stereocenters. The standard InChI is InChI=1S/C23H17NO5/c1-27-17-10-9-16-18-20(14-7-3-4-8-15(14)21(18)25)24(12-13-6-5-11-29-13)23(26)19(16)22(17)28-2/h3-11H,12H2,1-2H3. The highest BCUT2D eigenvalue weighted by molar-refractivity contribution is 6.27. The maximum absolute atomic E-state index is 13.7. The zero-order valence-corrected chi connectivity index (χ0v) is 15.9. The van der Waals surface area contributed by atoms with Crippen molar-refractivity contribution < 1.29 is 18.7 Å². The van der Waals surface area contributed by atoms with E-state index in [4.69, 9.17) is 13.9 Å². The molecule has 0 spiro atoms. The van der Waals surface area contributed by atoms with Gasteiger partial charge in [-0.05, 0) is 24.3 Å². The fourth-order valence-corrected chi connectivity index (χ4v) is 4.09. The lowest BCUT2D eigenvalue weighted by atomic mass is 10.0. The third-order valence-corrected chi connectivity index (χ3v) is 5.33. The molecule has 6 nitrogen and oxygen atoms in total. The Balaban J connectivity index is 1.96. The lowest BCUT2D eigenvalue weighted by Crippen LogP contribution is -2.24. The van der Waals surface area contributed by atoms with Gasteiger partial charge in [0.25, 0.3) is 5.56 Å². The van der Waals surface area contributed by atoms with Crippen LogP contribution in [0.4, 0.5) is 0 Å². The van der Waals surface area contributed by atoms with E-state index in [0.717, 1.165) is 5.56 Å². The summed E-state index contributed by atoms with van der Waals surface area (Å²) in [6.45, 7) is 0.200. The van der Waals surface area contributed by atoms with Gasteiger partial charge in [-0.2, -0.15) is 0 Å². The molecule has 2 heterocycles. The summed E-state index contributed by atoms with van der Waals surface area (Å²) < 4.78 is 18.0. The molecule has 0 radical (unpaired) electrons. The summed E-state index contributed by atoms with van der Waals surface area (Å²) >= 11 is 0. The predicted molar refractivity (Wildman–Crippen MR) is 108 cm³/mol. The summed E-state index contributed by atoms with van der Waals surface area (Å²) in [7, 11) is 3.00. The second kappa shape index (κ2) is 6.38. The molecule has 1 aliphatic rings. The van der Waals surface area contributed by atoms with Crippen LogP contribution in [0.5, 0.6) is 11.5 Å². The van der Waals surface area contributed by atoms with Crippen molar-refractivity contribution in [2.75, 3.05) is 14.2 Å². The number of furan rings is 1. The van der Waals surface area contributed by atoms with Gasteiger partial charge in [-0.25, -0.2) is 0 Å². The molecule has 0 amide bonds. The molecule has 6 heteroatoms. The smallest absolute Gasteiger partial charge is 0.263 e. The average molecular weight is 387 g/mol. The molecule has 0 fully saturated rings. The maximum Gasteiger partial charge on any atom is 0.263 e. The molecular formula is C23H17NO5. The molecule has 29 heavy (non-hydrogen) atoms. The number of ether oxygens (including phenoxy) is 2. The normalized spacial score (nSPS) is 12.1. The molecule has 1 aliphatic carbocycles. The van der Waals surface area contributed by atoms with Gasteiger partial charge in [0.2, 0.25) is 0 Å². The molecule has 2 aromatic carbocycles. The minimum Gasteiger partial charge on any atom is -0.493 e. The number of fused-ring (bicyclic) bond motifs is 5. The van der Waals surface area contributed by atoms with Crippen LogP contribution >= 0.6 is 0 Å². The number of hydrogen-bond donors (Lipinski definition) is 0. The van der Waals surface area contributed by atoms with Crippen molar-refractivity contribution in [3.05, 3.63) is 82.0 Å². The molecule has 144 valence electrons. The zero-order valence-electron chi connectivity index (χ0n) is 15.9. The molecular weight excluding hydrogens is 370 g/mol. The van der Waals surface area contributed by atoms with Crippen molar-refractivity contribution in [3.63, 3.8) is 0 Å². The molecule has 0 N–H and O–H groups in total. The first-order valence-electron chi connectivity index (χ1n) is 9.13. The van der Waals surface area contributed by atoms with Crippen molar-refractivity contribution in [1.29, 1.82) is 0 Å². The Bertz CT molecular complexity index is 1330. The number of nitrogens with zero attached hydrogens (tertiary/aromatic N) is 1. The van der Waals surface area contributed by atoms with Crippen molar-refractivity contribution in [2.45, 2.75) is 6.54 Å². The van der Waals surface area contributed by atoms with E-state index in [2.05, 4.69) is 0 Å². The first kappa shape index (κ1) is 17.3. The topological polar surface area (TPSA) is 70.7 Å². The largest absolute Gasteiger partial charge is 0.493 e. The van der Waals surface area contributed by atoms with Gasteiger partial charge in [-0.1, -0.05) is 24.3 Å². The Labute approximate surface area is 165 Å². The van der Waals surface area contributed by atoms with Gasteiger partial charge in [-0.3, -0.25) is 14.2 Å². The Morgan fingerprint density at radius 3 is 2.41 bits per heavy atom. The van der Waals surface area contributed by atoms with Crippen LogP contribution in [0.15, 0.2) is 64.0 Å². The van der Waals surface area contributed by atoms with Gasteiger partial charge in [0.15, 0.2) is 17.3 Å². The van der Waals surface area contributed by atoms with Gasteiger partial charge >= 0.3 is 0 Å². The average Bonchev–Trinajstić information content (AvgIpc) is 3.36. The highest BCUT2D eigenvalue weighted by atomic mass is 16.5. The van der Waals surface area contributed by atoms with E-state index in [1.165, 1.54) is 14.2 Å². The first-order chi connectivity index (χ1) is 14.2. The van der Waals surface area contributed by atoms with E-state index in [1.807, 2.05) is 18.2 Å². The number of benzene rings is 2. The minimum atomic E-state index is -0.268. The highest BCUT2D eigenvalue weighted by Crippen LogP contribution is 2.43. The fourth-order valence-electron chi connectivity index (χ4n) is 4.09. The second-order valence-electron chi connectivity index (χ2n) is 6.79. The van der Waals surface area contributed by atoms with Crippen molar-refractivity contribution in [3.8, 4) is 22.8 Å². The third kappa shape index (κ3) is 2.35. The number of pyridine rings is 1. The molecule has 0 bridgehead atoms. The van der Waals surface area contributed by atoms with E-state index < -0.39 is 0 Å². The molecule has 2 aromatic heterocycles. The monoisotopic (exact) mass is 387 g/mol. The van der Waals surface area contributed by atoms with E-state index in [-0.39, 0.29) is 17.9 Å². The Morgan fingerprint density at radius 1 is 0.931 bits per heavy atom. The minimum absolute atomic E-state index is 0.110. The number of rotatable bonds is 4. The van der Waals surface area contributed by atoms with E-state index >= 15 is 0 Å². The van der Waals surface area contributed by atoms with Crippen LogP contribution in [-0.2, 0) is 6.54 Å². The molecule has 0 saturated heterocycles. The van der Waals surface area contributed by atoms with Gasteiger partial charge in [0.05, 0.1) is 43.7 Å². The lowest BCUT2D eigenvalue weighted by molar-refractivity contribution is 0.104. The predicted octanol–water partition coefficient (Wildman–Crippen LogP) is 3.87. The van der Waals surface area contributed by atoms with E-state index in [1.54, 1.807) is 41.2 Å². The summed E-state index contributed by atoms with van der Waals surface area (Å²) in [5, 5.41) is 0.873. The van der Waals surface area contributed by atoms with Crippen LogP contribution in [0.3, 0.4) is 0 Å². The number of methoxy groups -OCH3 is 2. The van der Waals surface area contributed by atoms with Crippen LogP contribution < -0.4 is 15.0 Å². The number of ketones is 1. The second-order valence-corrected chi connectivity index (χ2v) is 6.79. The molecule has 0 atom stereocenters. The summed E-state index contributed by atoms with van der Waals surface area (Å²) in [4.78, 5) is 27.0. The Morgan fingerprint density at radius 2 is 1.72 bits per heavy atom. The molecule has 4 aromatic rings. The third-order valence-electron chi connectivity index (χ3n) is 5.33. The first-order valence-corrected chi connectivity index (χ1v) is 9.13. The van der Waals surface area contributed by atoms with Gasteiger partial charge in [0, 0.05) is 16.5 Å². The lowest BCUT2D eigenvalue weighted by Gasteiger charge is -2.17. The van der Waals surface area contributed by atoms with Crippen LogP contribution in [-0.4, -0.2) is 24.6 Å². The van der Waals surface area contributed by atoms with E-state index in [0.29, 0.717) is 44.9 Å². The molecule has 0 aliphatic heterocycles. The summed E-state index contributed by atoms with van der Waals surface area (Å²) in [6, 6.07) is 14.4. The quantitative estimate of drug-likeness (QED) is 0.468. The number of hydrogen-bond acceptors (Lipinski definition) is 5. The van der Waals surface area contributed by atoms with E-state index in [9.17, 15) is 9.59 Å². The SMILES string of the molecule is COc1ccc2c3c(n(Cc4ccco4)c(=O)c2c1OC)-c1ccccc1C3=O. The molecule has 5 rings (SSSR count). The van der Waals surface area contributed by atoms with Gasteiger partial charge in [-0.15, -0.1) is 0 Å². The fraction of sp³-hybridized carbons (Fsp3) is 0.130. The summed E-state index contributed by atoms with van der Waals surface area (Å²) in [5.74, 6) is 1.26. The Hall–Kier alpha value is -3.80. The van der Waals surface area contributed by atoms with Crippen LogP contribution in [0.1, 0.15) is 21.7 Å². The maximum atomic E-state index is 13.7.